The van der Waals surface area contributed by atoms with Crippen molar-refractivity contribution < 1.29 is 0 Å². The van der Waals surface area contributed by atoms with Crippen LogP contribution in [0, 0.1) is 12.8 Å². The Hall–Kier alpha value is -0.370. The standard InChI is InChI=1S/C12H18BrN/c1-8(2)12(10(4)13)11-5-6-14-7-9(11)3/h5-8,10,12H,1-4H3. The molecule has 2 unspecified atom stereocenters. The van der Waals surface area contributed by atoms with Crippen LogP contribution in [0.15, 0.2) is 18.5 Å². The highest BCUT2D eigenvalue weighted by Crippen LogP contribution is 2.33. The number of aryl methyl sites for hydroxylation is 1. The van der Waals surface area contributed by atoms with Gasteiger partial charge in [0.1, 0.15) is 0 Å². The zero-order valence-corrected chi connectivity index (χ0v) is 10.9. The zero-order valence-electron chi connectivity index (χ0n) is 9.29. The molecule has 1 aromatic heterocycles. The third kappa shape index (κ3) is 2.57. The van der Waals surface area contributed by atoms with Crippen LogP contribution in [0.5, 0.6) is 0 Å². The van der Waals surface area contributed by atoms with Crippen molar-refractivity contribution in [3.8, 4) is 0 Å². The second-order valence-electron chi connectivity index (χ2n) is 4.18. The summed E-state index contributed by atoms with van der Waals surface area (Å²) in [5, 5.41) is 0. The monoisotopic (exact) mass is 255 g/mol. The van der Waals surface area contributed by atoms with Crippen LogP contribution in [0.25, 0.3) is 0 Å². The van der Waals surface area contributed by atoms with Crippen LogP contribution in [0.2, 0.25) is 0 Å². The van der Waals surface area contributed by atoms with E-state index in [1.165, 1.54) is 11.1 Å². The average Bonchev–Trinajstić information content (AvgIpc) is 2.07. The molecule has 0 saturated heterocycles. The van der Waals surface area contributed by atoms with Crippen LogP contribution in [0.1, 0.15) is 37.8 Å². The van der Waals surface area contributed by atoms with Gasteiger partial charge in [-0.25, -0.2) is 0 Å². The fraction of sp³-hybridized carbons (Fsp3) is 0.583. The first kappa shape index (κ1) is 11.7. The molecule has 14 heavy (non-hydrogen) atoms. The van der Waals surface area contributed by atoms with Crippen molar-refractivity contribution in [2.75, 3.05) is 0 Å². The molecule has 0 aromatic carbocycles. The Labute approximate surface area is 95.1 Å². The molecule has 0 bridgehead atoms. The summed E-state index contributed by atoms with van der Waals surface area (Å²) in [4.78, 5) is 4.63. The summed E-state index contributed by atoms with van der Waals surface area (Å²) in [6.45, 7) is 8.88. The number of halogens is 1. The van der Waals surface area contributed by atoms with Gasteiger partial charge in [-0.1, -0.05) is 36.7 Å². The molecule has 0 saturated carbocycles. The lowest BCUT2D eigenvalue weighted by atomic mass is 9.85. The first-order valence-corrected chi connectivity index (χ1v) is 6.00. The Balaban J connectivity index is 3.05. The van der Waals surface area contributed by atoms with Gasteiger partial charge in [-0.15, -0.1) is 0 Å². The van der Waals surface area contributed by atoms with Crippen molar-refractivity contribution in [1.82, 2.24) is 4.98 Å². The number of alkyl halides is 1. The summed E-state index contributed by atoms with van der Waals surface area (Å²) in [7, 11) is 0. The molecule has 1 heterocycles. The van der Waals surface area contributed by atoms with Gasteiger partial charge < -0.3 is 0 Å². The van der Waals surface area contributed by atoms with E-state index in [4.69, 9.17) is 0 Å². The van der Waals surface area contributed by atoms with Crippen molar-refractivity contribution in [2.45, 2.75) is 38.4 Å². The van der Waals surface area contributed by atoms with Crippen LogP contribution >= 0.6 is 15.9 Å². The zero-order chi connectivity index (χ0) is 10.7. The second-order valence-corrected chi connectivity index (χ2v) is 5.62. The molecule has 0 fully saturated rings. The molecule has 0 aliphatic heterocycles. The fourth-order valence-electron chi connectivity index (χ4n) is 2.00. The summed E-state index contributed by atoms with van der Waals surface area (Å²) >= 11 is 3.69. The van der Waals surface area contributed by atoms with Gasteiger partial charge in [-0.2, -0.15) is 0 Å². The van der Waals surface area contributed by atoms with E-state index in [1.54, 1.807) is 0 Å². The lowest BCUT2D eigenvalue weighted by molar-refractivity contribution is 0.496. The highest BCUT2D eigenvalue weighted by atomic mass is 79.9. The smallest absolute Gasteiger partial charge is 0.0299 e. The van der Waals surface area contributed by atoms with Crippen molar-refractivity contribution >= 4 is 15.9 Å². The predicted molar refractivity (Wildman–Crippen MR) is 64.9 cm³/mol. The Kier molecular flexibility index (Phi) is 4.11. The molecule has 2 atom stereocenters. The van der Waals surface area contributed by atoms with Gasteiger partial charge in [0.2, 0.25) is 0 Å². The topological polar surface area (TPSA) is 12.9 Å². The van der Waals surface area contributed by atoms with E-state index in [1.807, 2.05) is 12.4 Å². The van der Waals surface area contributed by atoms with E-state index in [0.717, 1.165) is 0 Å². The van der Waals surface area contributed by atoms with E-state index >= 15 is 0 Å². The fourth-order valence-corrected chi connectivity index (χ4v) is 2.89. The maximum absolute atomic E-state index is 4.13. The molecular weight excluding hydrogens is 238 g/mol. The van der Waals surface area contributed by atoms with E-state index < -0.39 is 0 Å². The van der Waals surface area contributed by atoms with E-state index in [2.05, 4.69) is 54.7 Å². The van der Waals surface area contributed by atoms with Gasteiger partial charge in [-0.3, -0.25) is 4.98 Å². The molecule has 1 aromatic rings. The Morgan fingerprint density at radius 1 is 1.29 bits per heavy atom. The van der Waals surface area contributed by atoms with Crippen molar-refractivity contribution in [2.24, 2.45) is 5.92 Å². The minimum Gasteiger partial charge on any atom is -0.264 e. The molecule has 0 aliphatic rings. The maximum atomic E-state index is 4.13. The number of nitrogens with zero attached hydrogens (tertiary/aromatic N) is 1. The Bertz CT molecular complexity index is 286. The molecule has 0 aliphatic carbocycles. The summed E-state index contributed by atoms with van der Waals surface area (Å²) in [6, 6.07) is 2.14. The lowest BCUT2D eigenvalue weighted by Crippen LogP contribution is -2.16. The normalized spacial score (nSPS) is 15.6. The molecular formula is C12H18BrN. The maximum Gasteiger partial charge on any atom is 0.0299 e. The molecule has 0 spiro atoms. The Morgan fingerprint density at radius 3 is 2.36 bits per heavy atom. The molecule has 0 amide bonds. The summed E-state index contributed by atoms with van der Waals surface area (Å²) in [5.74, 6) is 1.21. The van der Waals surface area contributed by atoms with Gasteiger partial charge in [0.15, 0.2) is 0 Å². The summed E-state index contributed by atoms with van der Waals surface area (Å²) in [6.07, 6.45) is 3.83. The molecule has 78 valence electrons. The van der Waals surface area contributed by atoms with Gasteiger partial charge >= 0.3 is 0 Å². The highest BCUT2D eigenvalue weighted by Gasteiger charge is 2.21. The molecule has 1 nitrogen and oxygen atoms in total. The predicted octanol–water partition coefficient (Wildman–Crippen LogP) is 3.91. The number of hydrogen-bond donors (Lipinski definition) is 0. The van der Waals surface area contributed by atoms with Gasteiger partial charge in [-0.05, 0) is 36.0 Å². The second kappa shape index (κ2) is 4.92. The summed E-state index contributed by atoms with van der Waals surface area (Å²) in [5.41, 5.74) is 2.71. The minimum absolute atomic E-state index is 0.503. The highest BCUT2D eigenvalue weighted by molar-refractivity contribution is 9.09. The molecule has 0 radical (unpaired) electrons. The van der Waals surface area contributed by atoms with E-state index in [0.29, 0.717) is 16.7 Å². The van der Waals surface area contributed by atoms with Crippen LogP contribution in [0.3, 0.4) is 0 Å². The molecule has 0 N–H and O–H groups in total. The largest absolute Gasteiger partial charge is 0.264 e. The number of aromatic nitrogens is 1. The van der Waals surface area contributed by atoms with Gasteiger partial charge in [0, 0.05) is 17.2 Å². The van der Waals surface area contributed by atoms with Crippen LogP contribution in [-0.4, -0.2) is 9.81 Å². The SMILES string of the molecule is Cc1cnccc1C(C(C)C)C(C)Br. The van der Waals surface area contributed by atoms with Gasteiger partial charge in [0.25, 0.3) is 0 Å². The summed E-state index contributed by atoms with van der Waals surface area (Å²) < 4.78 is 0. The van der Waals surface area contributed by atoms with Crippen molar-refractivity contribution in [3.63, 3.8) is 0 Å². The van der Waals surface area contributed by atoms with Crippen molar-refractivity contribution in [1.29, 1.82) is 0 Å². The quantitative estimate of drug-likeness (QED) is 0.747. The Morgan fingerprint density at radius 2 is 1.93 bits per heavy atom. The lowest BCUT2D eigenvalue weighted by Gasteiger charge is -2.25. The number of pyridine rings is 1. The van der Waals surface area contributed by atoms with Crippen molar-refractivity contribution in [3.05, 3.63) is 29.6 Å². The van der Waals surface area contributed by atoms with E-state index in [9.17, 15) is 0 Å². The molecule has 1 rings (SSSR count). The van der Waals surface area contributed by atoms with Crippen LogP contribution in [0.4, 0.5) is 0 Å². The van der Waals surface area contributed by atoms with Crippen LogP contribution < -0.4 is 0 Å². The first-order chi connectivity index (χ1) is 6.54. The van der Waals surface area contributed by atoms with E-state index in [-0.39, 0.29) is 0 Å². The third-order valence-electron chi connectivity index (χ3n) is 2.64. The number of hydrogen-bond acceptors (Lipinski definition) is 1. The average molecular weight is 256 g/mol. The number of rotatable bonds is 3. The van der Waals surface area contributed by atoms with Gasteiger partial charge in [0.05, 0.1) is 0 Å². The van der Waals surface area contributed by atoms with Crippen LogP contribution in [-0.2, 0) is 0 Å². The molecule has 2 heteroatoms. The third-order valence-corrected chi connectivity index (χ3v) is 3.21. The minimum atomic E-state index is 0.503. The first-order valence-electron chi connectivity index (χ1n) is 5.08.